The third-order valence-electron chi connectivity index (χ3n) is 3.67. The van der Waals surface area contributed by atoms with Crippen LogP contribution in [0.25, 0.3) is 0 Å². The highest BCUT2D eigenvalue weighted by Gasteiger charge is 2.31. The highest BCUT2D eigenvalue weighted by Crippen LogP contribution is 2.23. The summed E-state index contributed by atoms with van der Waals surface area (Å²) in [5.74, 6) is -0.939. The zero-order valence-electron chi connectivity index (χ0n) is 13.9. The SMILES string of the molecule is C=CC(=O)NC[C@H]1CN(C(=O)Cc2cccc(OC(F)(F)F)c2)CCO1. The average Bonchev–Trinajstić information content (AvgIpc) is 2.58. The number of hydrogen-bond donors (Lipinski definition) is 1. The molecule has 1 N–H and O–H groups in total. The highest BCUT2D eigenvalue weighted by molar-refractivity contribution is 5.86. The fourth-order valence-electron chi connectivity index (χ4n) is 2.49. The van der Waals surface area contributed by atoms with Crippen molar-refractivity contribution in [3.63, 3.8) is 0 Å². The number of carbonyl (C=O) groups is 2. The van der Waals surface area contributed by atoms with E-state index in [4.69, 9.17) is 4.74 Å². The quantitative estimate of drug-likeness (QED) is 0.772. The molecule has 9 heteroatoms. The highest BCUT2D eigenvalue weighted by atomic mass is 19.4. The van der Waals surface area contributed by atoms with Gasteiger partial charge in [0.05, 0.1) is 19.1 Å². The number of alkyl halides is 3. The monoisotopic (exact) mass is 372 g/mol. The lowest BCUT2D eigenvalue weighted by Gasteiger charge is -2.33. The van der Waals surface area contributed by atoms with Crippen LogP contribution in [0.2, 0.25) is 0 Å². The Hall–Kier alpha value is -2.55. The third kappa shape index (κ3) is 6.40. The number of nitrogens with one attached hydrogen (secondary N) is 1. The lowest BCUT2D eigenvalue weighted by atomic mass is 10.1. The first-order chi connectivity index (χ1) is 12.3. The normalized spacial score (nSPS) is 17.5. The molecule has 0 unspecified atom stereocenters. The first-order valence-corrected chi connectivity index (χ1v) is 7.91. The van der Waals surface area contributed by atoms with Crippen molar-refractivity contribution in [2.45, 2.75) is 18.9 Å². The van der Waals surface area contributed by atoms with Gasteiger partial charge in [-0.15, -0.1) is 13.2 Å². The molecule has 1 heterocycles. The van der Waals surface area contributed by atoms with E-state index in [0.717, 1.165) is 6.08 Å². The van der Waals surface area contributed by atoms with Crippen molar-refractivity contribution in [2.24, 2.45) is 0 Å². The van der Waals surface area contributed by atoms with Crippen molar-refractivity contribution >= 4 is 11.8 Å². The summed E-state index contributed by atoms with van der Waals surface area (Å²) in [6.07, 6.45) is -4.05. The Bertz CT molecular complexity index is 664. The van der Waals surface area contributed by atoms with Crippen molar-refractivity contribution in [1.82, 2.24) is 10.2 Å². The molecule has 1 aromatic carbocycles. The van der Waals surface area contributed by atoms with Gasteiger partial charge in [-0.1, -0.05) is 18.7 Å². The van der Waals surface area contributed by atoms with Crippen LogP contribution in [0.15, 0.2) is 36.9 Å². The van der Waals surface area contributed by atoms with Gasteiger partial charge in [0.15, 0.2) is 0 Å². The van der Waals surface area contributed by atoms with Crippen molar-refractivity contribution in [2.75, 3.05) is 26.2 Å². The van der Waals surface area contributed by atoms with E-state index in [-0.39, 0.29) is 43.2 Å². The fourth-order valence-corrected chi connectivity index (χ4v) is 2.49. The van der Waals surface area contributed by atoms with Gasteiger partial charge in [-0.2, -0.15) is 0 Å². The van der Waals surface area contributed by atoms with Crippen LogP contribution in [0, 0.1) is 0 Å². The molecule has 142 valence electrons. The second-order valence-electron chi connectivity index (χ2n) is 5.65. The molecular formula is C17H19F3N2O4. The largest absolute Gasteiger partial charge is 0.573 e. The standard InChI is InChI=1S/C17H19F3N2O4/c1-2-15(23)21-10-14-11-22(6-7-25-14)16(24)9-12-4-3-5-13(8-12)26-17(18,19)20/h2-5,8,14H,1,6-7,9-11H2,(H,21,23)/t14-/m0/s1. The Labute approximate surface area is 148 Å². The number of carbonyl (C=O) groups excluding carboxylic acids is 2. The number of rotatable bonds is 6. The molecule has 1 atom stereocenters. The molecule has 0 aromatic heterocycles. The fraction of sp³-hybridized carbons (Fsp3) is 0.412. The van der Waals surface area contributed by atoms with Gasteiger partial charge in [0.25, 0.3) is 0 Å². The molecule has 0 radical (unpaired) electrons. The second kappa shape index (κ2) is 8.70. The van der Waals surface area contributed by atoms with Crippen LogP contribution < -0.4 is 10.1 Å². The molecule has 26 heavy (non-hydrogen) atoms. The Morgan fingerprint density at radius 3 is 2.88 bits per heavy atom. The van der Waals surface area contributed by atoms with E-state index in [1.807, 2.05) is 0 Å². The molecule has 1 aromatic rings. The van der Waals surface area contributed by atoms with Gasteiger partial charge in [0.1, 0.15) is 5.75 Å². The van der Waals surface area contributed by atoms with Crippen molar-refractivity contribution in [3.05, 3.63) is 42.5 Å². The van der Waals surface area contributed by atoms with E-state index < -0.39 is 6.36 Å². The van der Waals surface area contributed by atoms with Gasteiger partial charge in [0, 0.05) is 19.6 Å². The van der Waals surface area contributed by atoms with E-state index in [2.05, 4.69) is 16.6 Å². The van der Waals surface area contributed by atoms with Crippen molar-refractivity contribution in [1.29, 1.82) is 0 Å². The summed E-state index contributed by atoms with van der Waals surface area (Å²) >= 11 is 0. The molecule has 1 fully saturated rings. The van der Waals surface area contributed by atoms with E-state index in [0.29, 0.717) is 18.7 Å². The van der Waals surface area contributed by atoms with Gasteiger partial charge in [-0.3, -0.25) is 9.59 Å². The van der Waals surface area contributed by atoms with Crippen LogP contribution >= 0.6 is 0 Å². The molecule has 1 aliphatic heterocycles. The van der Waals surface area contributed by atoms with E-state index in [1.165, 1.54) is 18.2 Å². The second-order valence-corrected chi connectivity index (χ2v) is 5.65. The average molecular weight is 372 g/mol. The summed E-state index contributed by atoms with van der Waals surface area (Å²) in [7, 11) is 0. The van der Waals surface area contributed by atoms with Crippen LogP contribution in [0.1, 0.15) is 5.56 Å². The van der Waals surface area contributed by atoms with E-state index in [1.54, 1.807) is 11.0 Å². The van der Waals surface area contributed by atoms with Gasteiger partial charge >= 0.3 is 6.36 Å². The summed E-state index contributed by atoms with van der Waals surface area (Å²) < 4.78 is 46.2. The van der Waals surface area contributed by atoms with Crippen LogP contribution in [0.3, 0.4) is 0 Å². The maximum Gasteiger partial charge on any atom is 0.573 e. The number of benzene rings is 1. The Morgan fingerprint density at radius 2 is 2.19 bits per heavy atom. The van der Waals surface area contributed by atoms with Gasteiger partial charge in [-0.25, -0.2) is 0 Å². The molecule has 0 bridgehead atoms. The summed E-state index contributed by atoms with van der Waals surface area (Å²) in [6, 6.07) is 5.32. The minimum absolute atomic E-state index is 0.0548. The number of amides is 2. The lowest BCUT2D eigenvalue weighted by Crippen LogP contribution is -2.49. The number of nitrogens with zero attached hydrogens (tertiary/aromatic N) is 1. The van der Waals surface area contributed by atoms with Crippen LogP contribution in [0.5, 0.6) is 5.75 Å². The molecule has 6 nitrogen and oxygen atoms in total. The van der Waals surface area contributed by atoms with Crippen molar-refractivity contribution < 1.29 is 32.2 Å². The van der Waals surface area contributed by atoms with Gasteiger partial charge in [0.2, 0.25) is 11.8 Å². The van der Waals surface area contributed by atoms with E-state index in [9.17, 15) is 22.8 Å². The predicted octanol–water partition coefficient (Wildman–Crippen LogP) is 1.66. The minimum atomic E-state index is -4.78. The summed E-state index contributed by atoms with van der Waals surface area (Å²) in [6.45, 7) is 4.57. The molecular weight excluding hydrogens is 353 g/mol. The minimum Gasteiger partial charge on any atom is -0.406 e. The first kappa shape index (κ1) is 19.8. The van der Waals surface area contributed by atoms with Crippen LogP contribution in [-0.4, -0.2) is 55.4 Å². The number of hydrogen-bond acceptors (Lipinski definition) is 4. The number of halogens is 3. The maximum absolute atomic E-state index is 12.4. The zero-order chi connectivity index (χ0) is 19.2. The molecule has 1 aliphatic rings. The first-order valence-electron chi connectivity index (χ1n) is 7.91. The van der Waals surface area contributed by atoms with Crippen LogP contribution in [-0.2, 0) is 20.7 Å². The molecule has 2 rings (SSSR count). The van der Waals surface area contributed by atoms with Gasteiger partial charge < -0.3 is 19.7 Å². The number of ether oxygens (including phenoxy) is 2. The third-order valence-corrected chi connectivity index (χ3v) is 3.67. The number of morpholine rings is 1. The predicted molar refractivity (Wildman–Crippen MR) is 86.4 cm³/mol. The van der Waals surface area contributed by atoms with Gasteiger partial charge in [-0.05, 0) is 23.8 Å². The molecule has 0 saturated carbocycles. The Kier molecular flexibility index (Phi) is 6.62. The van der Waals surface area contributed by atoms with Crippen molar-refractivity contribution in [3.8, 4) is 5.75 Å². The van der Waals surface area contributed by atoms with E-state index >= 15 is 0 Å². The van der Waals surface area contributed by atoms with Crippen LogP contribution in [0.4, 0.5) is 13.2 Å². The molecule has 2 amide bonds. The topological polar surface area (TPSA) is 67.9 Å². The molecule has 0 aliphatic carbocycles. The smallest absolute Gasteiger partial charge is 0.406 e. The Morgan fingerprint density at radius 1 is 1.42 bits per heavy atom. The molecule has 1 saturated heterocycles. The summed E-state index contributed by atoms with van der Waals surface area (Å²) in [5, 5.41) is 2.60. The maximum atomic E-state index is 12.4. The zero-order valence-corrected chi connectivity index (χ0v) is 13.9. The Balaban J connectivity index is 1.91. The molecule has 0 spiro atoms. The summed E-state index contributed by atoms with van der Waals surface area (Å²) in [5.41, 5.74) is 0.416. The lowest BCUT2D eigenvalue weighted by molar-refractivity contribution is -0.274. The summed E-state index contributed by atoms with van der Waals surface area (Å²) in [4.78, 5) is 25.2.